The Morgan fingerprint density at radius 1 is 0.909 bits per heavy atom. The average Bonchev–Trinajstić information content (AvgIpc) is 3.26. The highest BCUT2D eigenvalue weighted by Gasteiger charge is 2.49. The highest BCUT2D eigenvalue weighted by Crippen LogP contribution is 2.34. The van der Waals surface area contributed by atoms with Crippen molar-refractivity contribution < 1.29 is 13.2 Å². The molecule has 8 nitrogen and oxygen atoms in total. The van der Waals surface area contributed by atoms with Gasteiger partial charge in [0.1, 0.15) is 0 Å². The van der Waals surface area contributed by atoms with Gasteiger partial charge in [0, 0.05) is 52.4 Å². The van der Waals surface area contributed by atoms with E-state index in [4.69, 9.17) is 5.73 Å². The number of amides is 1. The van der Waals surface area contributed by atoms with Crippen LogP contribution in [0.15, 0.2) is 0 Å². The number of carbonyl (C=O) groups is 1. The molecule has 22 heavy (non-hydrogen) atoms. The molecule has 0 aromatic carbocycles. The molecule has 0 bridgehead atoms. The molecule has 126 valence electrons. The van der Waals surface area contributed by atoms with E-state index in [-0.39, 0.29) is 5.91 Å². The first-order valence-electron chi connectivity index (χ1n) is 7.85. The molecule has 1 amide bonds. The molecule has 9 heteroatoms. The third-order valence-electron chi connectivity index (χ3n) is 4.86. The molecule has 0 aromatic heterocycles. The van der Waals surface area contributed by atoms with E-state index in [0.29, 0.717) is 39.3 Å². The van der Waals surface area contributed by atoms with E-state index in [0.717, 1.165) is 25.9 Å². The number of hydrogen-bond acceptors (Lipinski definition) is 5. The first-order valence-corrected chi connectivity index (χ1v) is 9.25. The summed E-state index contributed by atoms with van der Waals surface area (Å²) >= 11 is 0. The minimum absolute atomic E-state index is 0.0239. The van der Waals surface area contributed by atoms with Crippen molar-refractivity contribution in [1.82, 2.24) is 18.4 Å². The van der Waals surface area contributed by atoms with E-state index in [2.05, 4.69) is 4.90 Å². The molecule has 0 aromatic rings. The summed E-state index contributed by atoms with van der Waals surface area (Å²) in [4.78, 5) is 16.0. The van der Waals surface area contributed by atoms with Crippen LogP contribution in [0.5, 0.6) is 0 Å². The van der Waals surface area contributed by atoms with Crippen molar-refractivity contribution in [2.45, 2.75) is 18.4 Å². The zero-order valence-electron chi connectivity index (χ0n) is 13.1. The molecule has 0 radical (unpaired) electrons. The van der Waals surface area contributed by atoms with E-state index in [9.17, 15) is 13.2 Å². The fourth-order valence-corrected chi connectivity index (χ4v) is 4.54. The van der Waals surface area contributed by atoms with E-state index in [1.54, 1.807) is 9.21 Å². The van der Waals surface area contributed by atoms with Crippen molar-refractivity contribution in [2.75, 3.05) is 59.4 Å². The van der Waals surface area contributed by atoms with Gasteiger partial charge in [0.2, 0.25) is 5.91 Å². The van der Waals surface area contributed by atoms with Crippen LogP contribution in [-0.4, -0.2) is 97.7 Å². The van der Waals surface area contributed by atoms with Gasteiger partial charge in [-0.1, -0.05) is 0 Å². The molecule has 2 heterocycles. The molecule has 0 atom stereocenters. The molecular formula is C13H25N5O3S. The molecule has 1 saturated carbocycles. The summed E-state index contributed by atoms with van der Waals surface area (Å²) in [6.07, 6.45) is 1.48. The maximum Gasteiger partial charge on any atom is 0.282 e. The number of rotatable bonds is 3. The van der Waals surface area contributed by atoms with Gasteiger partial charge in [-0.05, 0) is 19.9 Å². The lowest BCUT2D eigenvalue weighted by Gasteiger charge is -2.39. The van der Waals surface area contributed by atoms with Crippen LogP contribution in [0.2, 0.25) is 0 Å². The minimum atomic E-state index is -3.41. The van der Waals surface area contributed by atoms with Crippen molar-refractivity contribution in [3.8, 4) is 0 Å². The SMILES string of the molecule is CN1CCN(S(=O)(=O)N2CCN(C(=O)C3(N)CC3)CC2)CC1. The zero-order valence-corrected chi connectivity index (χ0v) is 13.9. The molecule has 1 aliphatic carbocycles. The fraction of sp³-hybridized carbons (Fsp3) is 0.923. The van der Waals surface area contributed by atoms with Crippen LogP contribution in [-0.2, 0) is 15.0 Å². The van der Waals surface area contributed by atoms with E-state index < -0.39 is 15.7 Å². The van der Waals surface area contributed by atoms with Gasteiger partial charge in [-0.15, -0.1) is 0 Å². The van der Waals surface area contributed by atoms with Crippen LogP contribution in [0.3, 0.4) is 0 Å². The largest absolute Gasteiger partial charge is 0.338 e. The van der Waals surface area contributed by atoms with Crippen LogP contribution in [0.4, 0.5) is 0 Å². The van der Waals surface area contributed by atoms with Gasteiger partial charge in [0.25, 0.3) is 10.2 Å². The van der Waals surface area contributed by atoms with Gasteiger partial charge in [-0.25, -0.2) is 0 Å². The predicted octanol–water partition coefficient (Wildman–Crippen LogP) is -1.89. The molecular weight excluding hydrogens is 306 g/mol. The third-order valence-corrected chi connectivity index (χ3v) is 6.89. The van der Waals surface area contributed by atoms with Crippen molar-refractivity contribution in [3.05, 3.63) is 0 Å². The quantitative estimate of drug-likeness (QED) is 0.653. The number of piperazine rings is 2. The highest BCUT2D eigenvalue weighted by atomic mass is 32.2. The fourth-order valence-electron chi connectivity index (χ4n) is 2.97. The molecule has 2 aliphatic heterocycles. The maximum absolute atomic E-state index is 12.6. The Labute approximate surface area is 132 Å². The van der Waals surface area contributed by atoms with E-state index in [1.807, 2.05) is 7.05 Å². The van der Waals surface area contributed by atoms with Crippen molar-refractivity contribution in [3.63, 3.8) is 0 Å². The Balaban J connectivity index is 1.57. The Morgan fingerprint density at radius 3 is 1.82 bits per heavy atom. The number of carbonyl (C=O) groups excluding carboxylic acids is 1. The number of nitrogens with two attached hydrogens (primary N) is 1. The van der Waals surface area contributed by atoms with Gasteiger partial charge in [0.15, 0.2) is 0 Å². The smallest absolute Gasteiger partial charge is 0.282 e. The summed E-state index contributed by atoms with van der Waals surface area (Å²) in [6.45, 7) is 4.16. The van der Waals surface area contributed by atoms with Crippen LogP contribution in [0.25, 0.3) is 0 Å². The van der Waals surface area contributed by atoms with E-state index in [1.165, 1.54) is 4.31 Å². The molecule has 0 unspecified atom stereocenters. The second-order valence-electron chi connectivity index (χ2n) is 6.56. The molecule has 3 fully saturated rings. The van der Waals surface area contributed by atoms with Gasteiger partial charge >= 0.3 is 0 Å². The van der Waals surface area contributed by atoms with Crippen LogP contribution >= 0.6 is 0 Å². The molecule has 2 saturated heterocycles. The number of likely N-dealkylation sites (N-methyl/N-ethyl adjacent to an activating group) is 1. The summed E-state index contributed by atoms with van der Waals surface area (Å²) in [5.41, 5.74) is 5.27. The molecule has 3 aliphatic rings. The molecule has 2 N–H and O–H groups in total. The second-order valence-corrected chi connectivity index (χ2v) is 8.49. The lowest BCUT2D eigenvalue weighted by molar-refractivity contribution is -0.134. The topological polar surface area (TPSA) is 90.2 Å². The van der Waals surface area contributed by atoms with Crippen molar-refractivity contribution in [1.29, 1.82) is 0 Å². The normalized spacial score (nSPS) is 27.8. The summed E-state index contributed by atoms with van der Waals surface area (Å²) < 4.78 is 28.3. The standard InChI is InChI=1S/C13H25N5O3S/c1-15-4-8-17(9-5-15)22(20,21)18-10-6-16(7-11-18)12(19)13(14)2-3-13/h2-11,14H2,1H3. The number of nitrogens with zero attached hydrogens (tertiary/aromatic N) is 4. The van der Waals surface area contributed by atoms with Crippen LogP contribution in [0, 0.1) is 0 Å². The Hall–Kier alpha value is -0.740. The van der Waals surface area contributed by atoms with Gasteiger partial charge in [-0.2, -0.15) is 17.0 Å². The monoisotopic (exact) mass is 331 g/mol. The maximum atomic E-state index is 12.6. The summed E-state index contributed by atoms with van der Waals surface area (Å²) in [6, 6.07) is 0. The van der Waals surface area contributed by atoms with Crippen molar-refractivity contribution >= 4 is 16.1 Å². The van der Waals surface area contributed by atoms with E-state index >= 15 is 0 Å². The highest BCUT2D eigenvalue weighted by molar-refractivity contribution is 7.86. The summed E-state index contributed by atoms with van der Waals surface area (Å²) in [5, 5.41) is 0. The van der Waals surface area contributed by atoms with Crippen LogP contribution in [0.1, 0.15) is 12.8 Å². The lowest BCUT2D eigenvalue weighted by Crippen LogP contribution is -2.59. The second kappa shape index (κ2) is 5.72. The van der Waals surface area contributed by atoms with Gasteiger partial charge in [-0.3, -0.25) is 4.79 Å². The lowest BCUT2D eigenvalue weighted by atomic mass is 10.2. The average molecular weight is 331 g/mol. The van der Waals surface area contributed by atoms with Crippen molar-refractivity contribution in [2.24, 2.45) is 5.73 Å². The molecule has 3 rings (SSSR count). The predicted molar refractivity (Wildman–Crippen MR) is 82.3 cm³/mol. The Kier molecular flexibility index (Phi) is 4.19. The van der Waals surface area contributed by atoms with Gasteiger partial charge < -0.3 is 15.5 Å². The number of hydrogen-bond donors (Lipinski definition) is 1. The molecule has 0 spiro atoms. The zero-order chi connectivity index (χ0) is 16.0. The minimum Gasteiger partial charge on any atom is -0.338 e. The Morgan fingerprint density at radius 2 is 1.36 bits per heavy atom. The summed E-state index contributed by atoms with van der Waals surface area (Å²) in [5.74, 6) is -0.0239. The van der Waals surface area contributed by atoms with Crippen LogP contribution < -0.4 is 5.73 Å². The Bertz CT molecular complexity index is 532. The first kappa shape index (κ1) is 16.1. The third kappa shape index (κ3) is 3.00. The summed E-state index contributed by atoms with van der Waals surface area (Å²) in [7, 11) is -1.41. The van der Waals surface area contributed by atoms with Gasteiger partial charge in [0.05, 0.1) is 5.54 Å². The first-order chi connectivity index (χ1) is 10.3.